The smallest absolute Gasteiger partial charge is 0.323 e. The molecule has 3 amide bonds. The molecule has 0 heterocycles. The number of nitrogens with zero attached hydrogens (tertiary/aromatic N) is 1. The number of hydrogen-bond donors (Lipinski definition) is 4. The number of ether oxygens (including phenoxy) is 2. The Kier molecular flexibility index (Phi) is 15.2. The highest BCUT2D eigenvalue weighted by atomic mass is 16.7. The maximum Gasteiger partial charge on any atom is 0.323 e. The van der Waals surface area contributed by atoms with Crippen molar-refractivity contribution in [2.24, 2.45) is 11.8 Å². The number of esters is 2. The average Bonchev–Trinajstić information content (AvgIpc) is 2.94. The van der Waals surface area contributed by atoms with Crippen LogP contribution < -0.4 is 20.9 Å². The molecular formula is C33H48N4O7. The molecule has 44 heavy (non-hydrogen) atoms. The zero-order valence-corrected chi connectivity index (χ0v) is 26.8. The number of carbonyl (C=O) groups is 4. The summed E-state index contributed by atoms with van der Waals surface area (Å²) in [6.07, 6.45) is -0.346. The maximum absolute atomic E-state index is 13.0. The number of aliphatic hydroxyl groups is 1. The number of urea groups is 1. The summed E-state index contributed by atoms with van der Waals surface area (Å²) in [6, 6.07) is 13.0. The Morgan fingerprint density at radius 2 is 1.45 bits per heavy atom. The van der Waals surface area contributed by atoms with E-state index in [-0.39, 0.29) is 25.4 Å². The summed E-state index contributed by atoms with van der Waals surface area (Å²) < 4.78 is 10.00. The third-order valence-corrected chi connectivity index (χ3v) is 6.42. The van der Waals surface area contributed by atoms with Gasteiger partial charge >= 0.3 is 18.0 Å². The first kappa shape index (κ1) is 36.1. The number of carbonyl (C=O) groups excluding carboxylic acids is 4. The number of aryl methyl sites for hydroxylation is 2. The predicted molar refractivity (Wildman–Crippen MR) is 171 cm³/mol. The van der Waals surface area contributed by atoms with Crippen LogP contribution in [0.2, 0.25) is 0 Å². The van der Waals surface area contributed by atoms with Crippen LogP contribution in [0.5, 0.6) is 0 Å². The Balaban J connectivity index is 1.99. The number of amides is 3. The second-order valence-electron chi connectivity index (χ2n) is 11.7. The van der Waals surface area contributed by atoms with E-state index in [1.54, 1.807) is 0 Å². The van der Waals surface area contributed by atoms with Crippen LogP contribution in [0.15, 0.2) is 42.5 Å². The molecule has 0 aromatic heterocycles. The van der Waals surface area contributed by atoms with Crippen molar-refractivity contribution in [3.05, 3.63) is 53.6 Å². The summed E-state index contributed by atoms with van der Waals surface area (Å²) in [5.41, 5.74) is 4.15. The molecule has 242 valence electrons. The number of hydrogen-bond acceptors (Lipinski definition) is 8. The molecule has 11 heteroatoms. The van der Waals surface area contributed by atoms with Crippen LogP contribution in [0.4, 0.5) is 21.9 Å². The minimum absolute atomic E-state index is 0.0297. The van der Waals surface area contributed by atoms with Crippen LogP contribution in [0.25, 0.3) is 0 Å². The molecule has 0 aliphatic heterocycles. The fourth-order valence-electron chi connectivity index (χ4n) is 4.33. The molecule has 0 saturated heterocycles. The summed E-state index contributed by atoms with van der Waals surface area (Å²) >= 11 is 0. The topological polar surface area (TPSA) is 146 Å². The molecule has 0 bridgehead atoms. The van der Waals surface area contributed by atoms with Gasteiger partial charge in [0.25, 0.3) is 0 Å². The van der Waals surface area contributed by atoms with Crippen molar-refractivity contribution >= 4 is 40.9 Å². The average molecular weight is 613 g/mol. The van der Waals surface area contributed by atoms with Crippen molar-refractivity contribution in [2.45, 2.75) is 73.3 Å². The second-order valence-corrected chi connectivity index (χ2v) is 11.7. The quantitative estimate of drug-likeness (QED) is 0.111. The fraction of sp³-hybridized carbons (Fsp3) is 0.515. The van der Waals surface area contributed by atoms with Crippen LogP contribution in [-0.4, -0.2) is 61.5 Å². The van der Waals surface area contributed by atoms with Gasteiger partial charge in [0.15, 0.2) is 0 Å². The molecule has 0 unspecified atom stereocenters. The minimum atomic E-state index is -1.12. The third-order valence-electron chi connectivity index (χ3n) is 6.42. The summed E-state index contributed by atoms with van der Waals surface area (Å²) in [5.74, 6) is -0.797. The van der Waals surface area contributed by atoms with E-state index in [9.17, 15) is 19.2 Å². The van der Waals surface area contributed by atoms with Gasteiger partial charge in [-0.25, -0.2) is 4.79 Å². The molecule has 0 aliphatic rings. The lowest BCUT2D eigenvalue weighted by Gasteiger charge is -2.30. The maximum atomic E-state index is 13.0. The predicted octanol–water partition coefficient (Wildman–Crippen LogP) is 5.01. The monoisotopic (exact) mass is 612 g/mol. The Morgan fingerprint density at radius 3 is 2.05 bits per heavy atom. The fourth-order valence-corrected chi connectivity index (χ4v) is 4.33. The molecule has 0 saturated carbocycles. The largest absolute Gasteiger partial charge is 0.428 e. The van der Waals surface area contributed by atoms with E-state index < -0.39 is 30.7 Å². The van der Waals surface area contributed by atoms with Crippen molar-refractivity contribution < 1.29 is 33.8 Å². The van der Waals surface area contributed by atoms with E-state index in [1.807, 2.05) is 49.4 Å². The van der Waals surface area contributed by atoms with Gasteiger partial charge in [0, 0.05) is 38.2 Å². The van der Waals surface area contributed by atoms with E-state index in [1.165, 1.54) is 6.92 Å². The van der Waals surface area contributed by atoms with Gasteiger partial charge in [-0.2, -0.15) is 0 Å². The lowest BCUT2D eigenvalue weighted by molar-refractivity contribution is -0.167. The van der Waals surface area contributed by atoms with Crippen molar-refractivity contribution in [3.8, 4) is 0 Å². The molecule has 0 spiro atoms. The highest BCUT2D eigenvalue weighted by Crippen LogP contribution is 2.30. The lowest BCUT2D eigenvalue weighted by Crippen LogP contribution is -2.33. The first-order valence-corrected chi connectivity index (χ1v) is 15.1. The van der Waals surface area contributed by atoms with Gasteiger partial charge in [-0.3, -0.25) is 14.4 Å². The number of aliphatic hydroxyl groups excluding tert-OH is 1. The molecule has 2 rings (SSSR count). The Morgan fingerprint density at radius 1 is 0.841 bits per heavy atom. The van der Waals surface area contributed by atoms with E-state index in [0.717, 1.165) is 29.9 Å². The Hall–Kier alpha value is -4.12. The molecule has 0 radical (unpaired) electrons. The molecule has 11 nitrogen and oxygen atoms in total. The van der Waals surface area contributed by atoms with Crippen LogP contribution in [0, 0.1) is 18.8 Å². The summed E-state index contributed by atoms with van der Waals surface area (Å²) in [5, 5.41) is 17.5. The third kappa shape index (κ3) is 13.9. The molecule has 2 aromatic carbocycles. The van der Waals surface area contributed by atoms with E-state index >= 15 is 0 Å². The van der Waals surface area contributed by atoms with E-state index in [2.05, 4.69) is 48.5 Å². The van der Waals surface area contributed by atoms with Gasteiger partial charge < -0.3 is 35.4 Å². The van der Waals surface area contributed by atoms with Gasteiger partial charge in [-0.15, -0.1) is 0 Å². The SMILES string of the molecule is Cc1ccc(NC(=O)Nc2cc(CCC(=O)OCOC(=O)CCCNC(=O)[C@H](C)O)ccc2N(CC(C)C)CC(C)C)cc1. The lowest BCUT2D eigenvalue weighted by atomic mass is 10.1. The van der Waals surface area contributed by atoms with Crippen LogP contribution in [0.1, 0.15) is 65.0 Å². The minimum Gasteiger partial charge on any atom is -0.428 e. The highest BCUT2D eigenvalue weighted by Gasteiger charge is 2.18. The standard InChI is InChI=1S/C33H48N4O7/c1-22(2)19-37(20-23(3)4)29-15-11-26(18-28(29)36-33(42)35-27-13-9-24(5)10-14-27)12-16-31(40)44-21-43-30(39)8-7-17-34-32(41)25(6)38/h9-11,13-15,18,22-23,25,38H,7-8,12,16-17,19-21H2,1-6H3,(H,34,41)(H2,35,36,42)/t25-/m0/s1. The highest BCUT2D eigenvalue weighted by molar-refractivity contribution is 6.02. The van der Waals surface area contributed by atoms with E-state index in [4.69, 9.17) is 14.6 Å². The van der Waals surface area contributed by atoms with Crippen molar-refractivity contribution in [1.82, 2.24) is 5.32 Å². The van der Waals surface area contributed by atoms with Gasteiger partial charge in [0.1, 0.15) is 6.10 Å². The van der Waals surface area contributed by atoms with Gasteiger partial charge in [0.05, 0.1) is 11.4 Å². The molecule has 1 atom stereocenters. The molecule has 4 N–H and O–H groups in total. The number of nitrogens with one attached hydrogen (secondary N) is 3. The van der Waals surface area contributed by atoms with Crippen molar-refractivity contribution in [3.63, 3.8) is 0 Å². The second kappa shape index (κ2) is 18.5. The van der Waals surface area contributed by atoms with Crippen LogP contribution in [-0.2, 0) is 30.3 Å². The van der Waals surface area contributed by atoms with Gasteiger partial charge in [-0.05, 0) is 68.4 Å². The first-order valence-electron chi connectivity index (χ1n) is 15.1. The Labute approximate surface area is 260 Å². The van der Waals surface area contributed by atoms with Crippen LogP contribution >= 0.6 is 0 Å². The number of benzene rings is 2. The molecule has 0 fully saturated rings. The normalized spacial score (nSPS) is 11.6. The number of rotatable bonds is 17. The van der Waals surface area contributed by atoms with Gasteiger partial charge in [-0.1, -0.05) is 51.5 Å². The zero-order chi connectivity index (χ0) is 32.6. The molecular weight excluding hydrogens is 564 g/mol. The summed E-state index contributed by atoms with van der Waals surface area (Å²) in [6.45, 7) is 13.3. The Bertz CT molecular complexity index is 1220. The van der Waals surface area contributed by atoms with Gasteiger partial charge in [0.2, 0.25) is 12.7 Å². The van der Waals surface area contributed by atoms with Crippen LogP contribution in [0.3, 0.4) is 0 Å². The molecule has 2 aromatic rings. The van der Waals surface area contributed by atoms with Crippen molar-refractivity contribution in [1.29, 1.82) is 0 Å². The first-order chi connectivity index (χ1) is 20.8. The molecule has 0 aliphatic carbocycles. The summed E-state index contributed by atoms with van der Waals surface area (Å²) in [4.78, 5) is 50.7. The zero-order valence-electron chi connectivity index (χ0n) is 26.8. The van der Waals surface area contributed by atoms with E-state index in [0.29, 0.717) is 36.1 Å². The number of anilines is 3. The summed E-state index contributed by atoms with van der Waals surface area (Å²) in [7, 11) is 0. The van der Waals surface area contributed by atoms with Crippen molar-refractivity contribution in [2.75, 3.05) is 42.0 Å².